The Labute approximate surface area is 57.7 Å². The lowest BCUT2D eigenvalue weighted by Gasteiger charge is -1.94. The van der Waals surface area contributed by atoms with Gasteiger partial charge in [0.2, 0.25) is 0 Å². The Bertz CT molecular complexity index is 137. The molecule has 5 nitrogen and oxygen atoms in total. The molecule has 1 aliphatic heterocycles. The van der Waals surface area contributed by atoms with Crippen molar-refractivity contribution < 1.29 is 15.0 Å². The molecule has 0 unspecified atom stereocenters. The summed E-state index contributed by atoms with van der Waals surface area (Å²) in [5.41, 5.74) is 0. The van der Waals surface area contributed by atoms with Crippen molar-refractivity contribution >= 4 is 12.4 Å². The molecule has 0 radical (unpaired) electrons. The van der Waals surface area contributed by atoms with Crippen LogP contribution in [0.3, 0.4) is 0 Å². The minimum atomic E-state index is -1.83. The lowest BCUT2D eigenvalue weighted by atomic mass is 10.6. The largest absolute Gasteiger partial charge is 0.503 e. The van der Waals surface area contributed by atoms with Crippen molar-refractivity contribution in [1.82, 2.24) is 5.32 Å². The maximum Gasteiger partial charge on any atom is 0.503 e. The van der Waals surface area contributed by atoms with Crippen molar-refractivity contribution in [2.45, 2.75) is 0 Å². The molecule has 0 aromatic heterocycles. The van der Waals surface area contributed by atoms with E-state index in [0.29, 0.717) is 0 Å². The van der Waals surface area contributed by atoms with Gasteiger partial charge < -0.3 is 15.5 Å². The molecular weight excluding hydrogens is 136 g/mol. The number of aliphatic imine (C=N–C) groups is 1. The molecule has 0 saturated heterocycles. The summed E-state index contributed by atoms with van der Waals surface area (Å²) in [4.78, 5) is 12.4. The van der Waals surface area contributed by atoms with Crippen molar-refractivity contribution in [2.75, 3.05) is 6.67 Å². The van der Waals surface area contributed by atoms with Crippen LogP contribution in [0, 0.1) is 0 Å². The van der Waals surface area contributed by atoms with Gasteiger partial charge in [-0.3, -0.25) is 4.99 Å². The summed E-state index contributed by atoms with van der Waals surface area (Å²) in [5, 5.41) is 16.9. The predicted molar refractivity (Wildman–Crippen MR) is 36.3 cm³/mol. The van der Waals surface area contributed by atoms with E-state index in [2.05, 4.69) is 10.3 Å². The minimum Gasteiger partial charge on any atom is -0.450 e. The summed E-state index contributed by atoms with van der Waals surface area (Å²) < 4.78 is 0. The van der Waals surface area contributed by atoms with E-state index in [0.717, 1.165) is 6.67 Å². The summed E-state index contributed by atoms with van der Waals surface area (Å²) in [6.45, 7) is 0.733. The van der Waals surface area contributed by atoms with E-state index in [1.807, 2.05) is 12.3 Å². The summed E-state index contributed by atoms with van der Waals surface area (Å²) in [6.07, 6.45) is 3.67. The SMILES string of the molecule is C1=CNCN=C1.O=C(O)O. The van der Waals surface area contributed by atoms with Gasteiger partial charge in [-0.2, -0.15) is 0 Å². The Balaban J connectivity index is 0.000000180. The lowest BCUT2D eigenvalue weighted by molar-refractivity contribution is 0.137. The molecule has 0 aromatic carbocycles. The second-order valence-electron chi connectivity index (χ2n) is 1.34. The number of allylic oxidation sites excluding steroid dienone is 1. The van der Waals surface area contributed by atoms with Crippen molar-refractivity contribution in [1.29, 1.82) is 0 Å². The number of nitrogens with one attached hydrogen (secondary N) is 1. The molecule has 1 aliphatic rings. The molecule has 3 N–H and O–H groups in total. The Kier molecular flexibility index (Phi) is 4.76. The smallest absolute Gasteiger partial charge is 0.450 e. The fourth-order valence-corrected chi connectivity index (χ4v) is 0.330. The molecular formula is C5H8N2O3. The minimum absolute atomic E-state index is 0.733. The summed E-state index contributed by atoms with van der Waals surface area (Å²) >= 11 is 0. The maximum absolute atomic E-state index is 8.56. The first-order valence-electron chi connectivity index (χ1n) is 2.53. The van der Waals surface area contributed by atoms with Gasteiger partial charge in [0.25, 0.3) is 0 Å². The molecule has 56 valence electrons. The lowest BCUT2D eigenvalue weighted by Crippen LogP contribution is -2.06. The molecule has 0 atom stereocenters. The third-order valence-electron chi connectivity index (χ3n) is 0.588. The summed E-state index contributed by atoms with van der Waals surface area (Å²) in [5.74, 6) is 0. The van der Waals surface area contributed by atoms with Crippen molar-refractivity contribution in [3.8, 4) is 0 Å². The van der Waals surface area contributed by atoms with Gasteiger partial charge in [-0.05, 0) is 12.3 Å². The Hall–Kier alpha value is -1.52. The van der Waals surface area contributed by atoms with Gasteiger partial charge in [-0.25, -0.2) is 4.79 Å². The Morgan fingerprint density at radius 3 is 2.30 bits per heavy atom. The van der Waals surface area contributed by atoms with Crippen LogP contribution in [0.1, 0.15) is 0 Å². The van der Waals surface area contributed by atoms with Gasteiger partial charge >= 0.3 is 6.16 Å². The van der Waals surface area contributed by atoms with Crippen LogP contribution in [-0.2, 0) is 0 Å². The second-order valence-corrected chi connectivity index (χ2v) is 1.34. The molecule has 0 spiro atoms. The quantitative estimate of drug-likeness (QED) is 0.458. The van der Waals surface area contributed by atoms with Gasteiger partial charge in [-0.1, -0.05) is 0 Å². The van der Waals surface area contributed by atoms with Gasteiger partial charge in [0.1, 0.15) is 6.67 Å². The van der Waals surface area contributed by atoms with E-state index < -0.39 is 6.16 Å². The van der Waals surface area contributed by atoms with Crippen molar-refractivity contribution in [2.24, 2.45) is 4.99 Å². The zero-order valence-electron chi connectivity index (χ0n) is 5.19. The third-order valence-corrected chi connectivity index (χ3v) is 0.588. The highest BCUT2D eigenvalue weighted by molar-refractivity contribution is 5.71. The molecule has 0 aromatic rings. The highest BCUT2D eigenvalue weighted by atomic mass is 16.6. The van der Waals surface area contributed by atoms with Crippen molar-refractivity contribution in [3.63, 3.8) is 0 Å². The normalized spacial score (nSPS) is 12.8. The average molecular weight is 144 g/mol. The number of hydrogen-bond donors (Lipinski definition) is 3. The van der Waals surface area contributed by atoms with Crippen LogP contribution in [0.4, 0.5) is 4.79 Å². The number of carbonyl (C=O) groups is 1. The fraction of sp³-hybridized carbons (Fsp3) is 0.200. The Morgan fingerprint density at radius 2 is 2.20 bits per heavy atom. The van der Waals surface area contributed by atoms with Crippen LogP contribution in [0.25, 0.3) is 0 Å². The zero-order chi connectivity index (χ0) is 7.82. The van der Waals surface area contributed by atoms with Gasteiger partial charge in [0.05, 0.1) is 0 Å². The molecule has 1 rings (SSSR count). The fourth-order valence-electron chi connectivity index (χ4n) is 0.330. The number of nitrogens with zero attached hydrogens (tertiary/aromatic N) is 1. The summed E-state index contributed by atoms with van der Waals surface area (Å²) in [7, 11) is 0. The number of hydrogen-bond acceptors (Lipinski definition) is 3. The average Bonchev–Trinajstić information content (AvgIpc) is 1.90. The first-order valence-corrected chi connectivity index (χ1v) is 2.53. The molecule has 5 heteroatoms. The highest BCUT2D eigenvalue weighted by Gasteiger charge is 1.73. The van der Waals surface area contributed by atoms with E-state index in [1.165, 1.54) is 0 Å². The molecule has 0 saturated carbocycles. The zero-order valence-corrected chi connectivity index (χ0v) is 5.19. The number of carboxylic acid groups (broad SMARTS) is 2. The second kappa shape index (κ2) is 5.61. The maximum atomic E-state index is 8.56. The van der Waals surface area contributed by atoms with Crippen LogP contribution in [0.2, 0.25) is 0 Å². The molecule has 0 bridgehead atoms. The first kappa shape index (κ1) is 8.48. The van der Waals surface area contributed by atoms with Crippen LogP contribution in [0.5, 0.6) is 0 Å². The van der Waals surface area contributed by atoms with Crippen LogP contribution in [0.15, 0.2) is 17.3 Å². The van der Waals surface area contributed by atoms with E-state index in [1.54, 1.807) is 6.21 Å². The molecule has 0 aliphatic carbocycles. The van der Waals surface area contributed by atoms with E-state index in [9.17, 15) is 0 Å². The van der Waals surface area contributed by atoms with E-state index in [-0.39, 0.29) is 0 Å². The topological polar surface area (TPSA) is 81.9 Å². The van der Waals surface area contributed by atoms with Gasteiger partial charge in [0.15, 0.2) is 0 Å². The van der Waals surface area contributed by atoms with Gasteiger partial charge in [-0.15, -0.1) is 0 Å². The Morgan fingerprint density at radius 1 is 1.60 bits per heavy atom. The summed E-state index contributed by atoms with van der Waals surface area (Å²) in [6, 6.07) is 0. The monoisotopic (exact) mass is 144 g/mol. The third kappa shape index (κ3) is 9.70. The molecule has 1 heterocycles. The van der Waals surface area contributed by atoms with E-state index >= 15 is 0 Å². The van der Waals surface area contributed by atoms with Crippen LogP contribution < -0.4 is 5.32 Å². The van der Waals surface area contributed by atoms with Crippen molar-refractivity contribution in [3.05, 3.63) is 12.3 Å². The molecule has 10 heavy (non-hydrogen) atoms. The number of rotatable bonds is 0. The first-order chi connectivity index (χ1) is 4.73. The molecule has 0 fully saturated rings. The van der Waals surface area contributed by atoms with Gasteiger partial charge in [0, 0.05) is 6.21 Å². The van der Waals surface area contributed by atoms with E-state index in [4.69, 9.17) is 15.0 Å². The van der Waals surface area contributed by atoms with Crippen LogP contribution in [-0.4, -0.2) is 29.3 Å². The standard InChI is InChI=1S/C4H6N2.CH2O3/c1-2-5-4-6-3-1;2-1(3)4/h1-3,5H,4H2;(H2,2,3,4). The predicted octanol–water partition coefficient (Wildman–Crippen LogP) is 0.354. The van der Waals surface area contributed by atoms with Crippen LogP contribution >= 0.6 is 0 Å². The molecule has 0 amide bonds. The highest BCUT2D eigenvalue weighted by Crippen LogP contribution is 1.71.